The van der Waals surface area contributed by atoms with Gasteiger partial charge < -0.3 is 15.2 Å². The second kappa shape index (κ2) is 5.85. The SMILES string of the molecule is NCC1CCCCC1S(=O)(=O)c1ccc2c(c1)OCCO2. The molecule has 116 valence electrons. The molecule has 0 saturated heterocycles. The molecular formula is C15H21NO4S. The van der Waals surface area contributed by atoms with Crippen LogP contribution in [0.2, 0.25) is 0 Å². The van der Waals surface area contributed by atoms with Gasteiger partial charge in [0.15, 0.2) is 21.3 Å². The summed E-state index contributed by atoms with van der Waals surface area (Å²) < 4.78 is 36.7. The molecule has 1 saturated carbocycles. The molecule has 0 amide bonds. The third kappa shape index (κ3) is 2.74. The number of rotatable bonds is 3. The number of ether oxygens (including phenoxy) is 2. The van der Waals surface area contributed by atoms with E-state index >= 15 is 0 Å². The summed E-state index contributed by atoms with van der Waals surface area (Å²) in [4.78, 5) is 0.317. The minimum atomic E-state index is -3.37. The molecule has 1 aromatic rings. The minimum Gasteiger partial charge on any atom is -0.486 e. The lowest BCUT2D eigenvalue weighted by Crippen LogP contribution is -2.37. The summed E-state index contributed by atoms with van der Waals surface area (Å²) in [6.45, 7) is 1.37. The molecule has 1 fully saturated rings. The van der Waals surface area contributed by atoms with Gasteiger partial charge in [-0.05, 0) is 37.4 Å². The van der Waals surface area contributed by atoms with E-state index in [1.54, 1.807) is 18.2 Å². The van der Waals surface area contributed by atoms with Crippen LogP contribution >= 0.6 is 0 Å². The smallest absolute Gasteiger partial charge is 0.181 e. The van der Waals surface area contributed by atoms with Gasteiger partial charge in [0.05, 0.1) is 10.1 Å². The number of sulfone groups is 1. The zero-order valence-electron chi connectivity index (χ0n) is 12.0. The van der Waals surface area contributed by atoms with E-state index in [1.165, 1.54) is 0 Å². The first-order chi connectivity index (χ1) is 10.1. The molecule has 0 bridgehead atoms. The van der Waals surface area contributed by atoms with Crippen LogP contribution in [0.25, 0.3) is 0 Å². The normalized spacial score (nSPS) is 25.6. The predicted molar refractivity (Wildman–Crippen MR) is 79.4 cm³/mol. The van der Waals surface area contributed by atoms with Crippen molar-refractivity contribution in [3.05, 3.63) is 18.2 Å². The highest BCUT2D eigenvalue weighted by Crippen LogP contribution is 2.37. The van der Waals surface area contributed by atoms with E-state index in [-0.39, 0.29) is 11.2 Å². The van der Waals surface area contributed by atoms with Crippen molar-refractivity contribution in [1.29, 1.82) is 0 Å². The minimum absolute atomic E-state index is 0.0527. The van der Waals surface area contributed by atoms with Crippen molar-refractivity contribution in [3.63, 3.8) is 0 Å². The lowest BCUT2D eigenvalue weighted by molar-refractivity contribution is 0.171. The molecule has 2 N–H and O–H groups in total. The monoisotopic (exact) mass is 311 g/mol. The van der Waals surface area contributed by atoms with Crippen LogP contribution in [-0.2, 0) is 9.84 Å². The topological polar surface area (TPSA) is 78.6 Å². The molecule has 3 rings (SSSR count). The molecule has 2 unspecified atom stereocenters. The van der Waals surface area contributed by atoms with Crippen molar-refractivity contribution < 1.29 is 17.9 Å². The Morgan fingerprint density at radius 3 is 2.57 bits per heavy atom. The van der Waals surface area contributed by atoms with Crippen LogP contribution in [-0.4, -0.2) is 33.4 Å². The van der Waals surface area contributed by atoms with E-state index in [9.17, 15) is 8.42 Å². The third-order valence-electron chi connectivity index (χ3n) is 4.38. The van der Waals surface area contributed by atoms with Gasteiger partial charge in [0.1, 0.15) is 13.2 Å². The van der Waals surface area contributed by atoms with Crippen molar-refractivity contribution in [2.45, 2.75) is 35.8 Å². The van der Waals surface area contributed by atoms with Crippen LogP contribution in [0.3, 0.4) is 0 Å². The Morgan fingerprint density at radius 1 is 1.10 bits per heavy atom. The van der Waals surface area contributed by atoms with Gasteiger partial charge in [0.25, 0.3) is 0 Å². The van der Waals surface area contributed by atoms with E-state index in [4.69, 9.17) is 15.2 Å². The number of benzene rings is 1. The molecule has 21 heavy (non-hydrogen) atoms. The van der Waals surface area contributed by atoms with Gasteiger partial charge in [-0.2, -0.15) is 0 Å². The Labute approximate surface area is 125 Å². The van der Waals surface area contributed by atoms with Gasteiger partial charge in [-0.25, -0.2) is 8.42 Å². The Balaban J connectivity index is 1.94. The van der Waals surface area contributed by atoms with Crippen LogP contribution in [0.1, 0.15) is 25.7 Å². The van der Waals surface area contributed by atoms with Gasteiger partial charge >= 0.3 is 0 Å². The number of hydrogen-bond donors (Lipinski definition) is 1. The fourth-order valence-electron chi connectivity index (χ4n) is 3.23. The molecule has 2 aliphatic rings. The summed E-state index contributed by atoms with van der Waals surface area (Å²) in [5, 5.41) is -0.376. The summed E-state index contributed by atoms with van der Waals surface area (Å²) in [5.41, 5.74) is 5.77. The Morgan fingerprint density at radius 2 is 1.81 bits per heavy atom. The molecule has 5 nitrogen and oxygen atoms in total. The quantitative estimate of drug-likeness (QED) is 0.920. The lowest BCUT2D eigenvalue weighted by Gasteiger charge is -2.30. The van der Waals surface area contributed by atoms with Gasteiger partial charge in [-0.3, -0.25) is 0 Å². The molecule has 1 aromatic carbocycles. The van der Waals surface area contributed by atoms with Crippen LogP contribution < -0.4 is 15.2 Å². The van der Waals surface area contributed by atoms with Crippen LogP contribution in [0.15, 0.2) is 23.1 Å². The molecule has 1 heterocycles. The van der Waals surface area contributed by atoms with Crippen LogP contribution in [0.4, 0.5) is 0 Å². The number of fused-ring (bicyclic) bond motifs is 1. The second-order valence-electron chi connectivity index (χ2n) is 5.67. The van der Waals surface area contributed by atoms with E-state index in [0.717, 1.165) is 19.3 Å². The molecule has 2 atom stereocenters. The molecule has 1 aliphatic heterocycles. The summed E-state index contributed by atoms with van der Waals surface area (Å²) in [6.07, 6.45) is 3.60. The molecule has 1 aliphatic carbocycles. The first-order valence-corrected chi connectivity index (χ1v) is 9.01. The largest absolute Gasteiger partial charge is 0.486 e. The highest BCUT2D eigenvalue weighted by atomic mass is 32.2. The molecule has 6 heteroatoms. The van der Waals surface area contributed by atoms with Crippen molar-refractivity contribution in [2.75, 3.05) is 19.8 Å². The standard InChI is InChI=1S/C15H21NO4S/c16-10-11-3-1-2-4-15(11)21(17,18)12-5-6-13-14(9-12)20-8-7-19-13/h5-6,9,11,15H,1-4,7-8,10,16H2. The van der Waals surface area contributed by atoms with Crippen LogP contribution in [0, 0.1) is 5.92 Å². The first kappa shape index (κ1) is 14.7. The maximum Gasteiger partial charge on any atom is 0.181 e. The fraction of sp³-hybridized carbons (Fsp3) is 0.600. The zero-order valence-corrected chi connectivity index (χ0v) is 12.8. The second-order valence-corrected chi connectivity index (χ2v) is 7.84. The van der Waals surface area contributed by atoms with Crippen LogP contribution in [0.5, 0.6) is 11.5 Å². The Kier molecular flexibility index (Phi) is 4.08. The van der Waals surface area contributed by atoms with E-state index < -0.39 is 9.84 Å². The van der Waals surface area contributed by atoms with Gasteiger partial charge in [-0.1, -0.05) is 12.8 Å². The molecule has 0 aromatic heterocycles. The average Bonchev–Trinajstić information content (AvgIpc) is 2.54. The Hall–Kier alpha value is -1.27. The Bertz CT molecular complexity index is 614. The third-order valence-corrected chi connectivity index (χ3v) is 6.71. The van der Waals surface area contributed by atoms with E-state index in [2.05, 4.69) is 0 Å². The summed E-state index contributed by atoms with van der Waals surface area (Å²) in [7, 11) is -3.37. The van der Waals surface area contributed by atoms with Gasteiger partial charge in [0, 0.05) is 6.07 Å². The summed E-state index contributed by atoms with van der Waals surface area (Å²) in [5.74, 6) is 1.18. The van der Waals surface area contributed by atoms with Gasteiger partial charge in [-0.15, -0.1) is 0 Å². The lowest BCUT2D eigenvalue weighted by atomic mass is 9.89. The number of hydrogen-bond acceptors (Lipinski definition) is 5. The van der Waals surface area contributed by atoms with Crippen molar-refractivity contribution in [2.24, 2.45) is 11.7 Å². The number of nitrogens with two attached hydrogens (primary N) is 1. The van der Waals surface area contributed by atoms with E-state index in [1.807, 2.05) is 0 Å². The molecular weight excluding hydrogens is 290 g/mol. The maximum atomic E-state index is 12.9. The fourth-order valence-corrected chi connectivity index (χ4v) is 5.34. The van der Waals surface area contributed by atoms with Gasteiger partial charge in [0.2, 0.25) is 0 Å². The molecule has 0 radical (unpaired) electrons. The highest BCUT2D eigenvalue weighted by molar-refractivity contribution is 7.92. The van der Waals surface area contributed by atoms with E-state index in [0.29, 0.717) is 42.6 Å². The molecule has 0 spiro atoms. The predicted octanol–water partition coefficient (Wildman–Crippen LogP) is 1.75. The first-order valence-electron chi connectivity index (χ1n) is 7.46. The van der Waals surface area contributed by atoms with Crippen molar-refractivity contribution >= 4 is 9.84 Å². The highest BCUT2D eigenvalue weighted by Gasteiger charge is 2.36. The maximum absolute atomic E-state index is 12.9. The van der Waals surface area contributed by atoms with Crippen molar-refractivity contribution in [3.8, 4) is 11.5 Å². The zero-order chi connectivity index (χ0) is 14.9. The summed E-state index contributed by atoms with van der Waals surface area (Å²) in [6, 6.07) is 4.89. The average molecular weight is 311 g/mol. The summed E-state index contributed by atoms with van der Waals surface area (Å²) >= 11 is 0. The van der Waals surface area contributed by atoms with Crippen molar-refractivity contribution in [1.82, 2.24) is 0 Å².